The molecule has 0 fully saturated rings. The highest BCUT2D eigenvalue weighted by Gasteiger charge is 2.55. The van der Waals surface area contributed by atoms with E-state index in [0.717, 1.165) is 29.1 Å². The lowest BCUT2D eigenvalue weighted by Crippen LogP contribution is -2.58. The second kappa shape index (κ2) is 7.16. The van der Waals surface area contributed by atoms with Crippen LogP contribution in [-0.2, 0) is 16.1 Å². The first-order chi connectivity index (χ1) is 15.3. The van der Waals surface area contributed by atoms with Gasteiger partial charge in [0.2, 0.25) is 5.72 Å². The predicted octanol–water partition coefficient (Wildman–Crippen LogP) is 1.69. The molecule has 0 N–H and O–H groups in total. The molecule has 2 aliphatic rings. The topological polar surface area (TPSA) is 87.7 Å². The van der Waals surface area contributed by atoms with E-state index in [2.05, 4.69) is 5.10 Å². The summed E-state index contributed by atoms with van der Waals surface area (Å²) >= 11 is 1.30. The van der Waals surface area contributed by atoms with Crippen LogP contribution >= 0.6 is 11.3 Å². The standard InChI is InChI=1S/C23H24N4O4S/c1-6-26-13(3)15(12(2)25-26)11-17-20(28)27-19-14-9-7-8-10-16(14)31-23(4,24-22(27)32-17)18(19)21(29)30-5/h7-11,18-19H,6H2,1-5H3/b17-11+/t18-,19+,23-/m1/s1. The highest BCUT2D eigenvalue weighted by Crippen LogP contribution is 2.47. The van der Waals surface area contributed by atoms with Crippen molar-refractivity contribution < 1.29 is 14.3 Å². The molecule has 3 atom stereocenters. The third-order valence-electron chi connectivity index (χ3n) is 6.35. The number of carbonyl (C=O) groups is 1. The molecular weight excluding hydrogens is 428 g/mol. The third kappa shape index (κ3) is 2.80. The lowest BCUT2D eigenvalue weighted by atomic mass is 9.81. The molecule has 0 amide bonds. The molecule has 0 aliphatic carbocycles. The normalized spacial score (nSPS) is 23.7. The molecule has 0 spiro atoms. The quantitative estimate of drug-likeness (QED) is 0.565. The summed E-state index contributed by atoms with van der Waals surface area (Å²) in [6.07, 6.45) is 1.88. The predicted molar refractivity (Wildman–Crippen MR) is 119 cm³/mol. The van der Waals surface area contributed by atoms with Gasteiger partial charge in [-0.1, -0.05) is 29.5 Å². The van der Waals surface area contributed by atoms with Crippen molar-refractivity contribution in [3.63, 3.8) is 0 Å². The summed E-state index contributed by atoms with van der Waals surface area (Å²) in [5, 5.41) is 4.55. The Balaban J connectivity index is 1.80. The molecule has 2 aromatic heterocycles. The SMILES string of the molecule is CCn1nc(C)c(/C=c2/sc3n(c2=O)[C@H]2c4ccccc4O[C@@](C)(N=3)[C@H]2C(=O)OC)c1C. The van der Waals surface area contributed by atoms with Gasteiger partial charge in [-0.15, -0.1) is 0 Å². The monoisotopic (exact) mass is 452 g/mol. The van der Waals surface area contributed by atoms with Crippen molar-refractivity contribution >= 4 is 23.4 Å². The zero-order chi connectivity index (χ0) is 22.8. The first-order valence-electron chi connectivity index (χ1n) is 10.5. The number of para-hydroxylation sites is 1. The number of methoxy groups -OCH3 is 1. The van der Waals surface area contributed by atoms with Crippen LogP contribution in [0, 0.1) is 19.8 Å². The minimum absolute atomic E-state index is 0.186. The second-order valence-electron chi connectivity index (χ2n) is 8.22. The number of thiazole rings is 1. The maximum atomic E-state index is 13.6. The summed E-state index contributed by atoms with van der Waals surface area (Å²) in [5.74, 6) is -0.614. The average molecular weight is 453 g/mol. The summed E-state index contributed by atoms with van der Waals surface area (Å²) in [6.45, 7) is 8.49. The molecule has 0 unspecified atom stereocenters. The summed E-state index contributed by atoms with van der Waals surface area (Å²) in [6, 6.07) is 6.91. The van der Waals surface area contributed by atoms with Crippen LogP contribution in [0.5, 0.6) is 5.75 Å². The van der Waals surface area contributed by atoms with Crippen LogP contribution in [0.4, 0.5) is 0 Å². The summed E-state index contributed by atoms with van der Waals surface area (Å²) < 4.78 is 15.4. The molecular formula is C23H24N4O4S. The van der Waals surface area contributed by atoms with Crippen molar-refractivity contribution in [1.82, 2.24) is 14.3 Å². The number of hydrogen-bond donors (Lipinski definition) is 0. The Morgan fingerprint density at radius 2 is 2.09 bits per heavy atom. The van der Waals surface area contributed by atoms with Crippen molar-refractivity contribution in [2.24, 2.45) is 10.9 Å². The lowest BCUT2D eigenvalue weighted by Gasteiger charge is -2.44. The van der Waals surface area contributed by atoms with Crippen molar-refractivity contribution in [2.45, 2.75) is 46.0 Å². The number of nitrogens with zero attached hydrogens (tertiary/aromatic N) is 4. The molecule has 0 radical (unpaired) electrons. The zero-order valence-electron chi connectivity index (χ0n) is 18.6. The van der Waals surface area contributed by atoms with Crippen molar-refractivity contribution in [3.8, 4) is 5.75 Å². The number of aryl methyl sites for hydroxylation is 2. The highest BCUT2D eigenvalue weighted by atomic mass is 32.1. The van der Waals surface area contributed by atoms with Gasteiger partial charge in [0.25, 0.3) is 5.56 Å². The molecule has 9 heteroatoms. The van der Waals surface area contributed by atoms with Crippen LogP contribution in [-0.4, -0.2) is 33.2 Å². The number of carbonyl (C=O) groups excluding carboxylic acids is 1. The Morgan fingerprint density at radius 1 is 1.34 bits per heavy atom. The smallest absolute Gasteiger partial charge is 0.317 e. The molecule has 0 saturated carbocycles. The minimum atomic E-state index is -1.17. The summed E-state index contributed by atoms with van der Waals surface area (Å²) in [5.41, 5.74) is 2.22. The molecule has 5 rings (SSSR count). The largest absolute Gasteiger partial charge is 0.469 e. The van der Waals surface area contributed by atoms with Gasteiger partial charge in [-0.2, -0.15) is 5.10 Å². The van der Waals surface area contributed by atoms with Crippen LogP contribution < -0.4 is 19.6 Å². The van der Waals surface area contributed by atoms with Crippen LogP contribution in [0.1, 0.15) is 42.4 Å². The van der Waals surface area contributed by atoms with E-state index in [4.69, 9.17) is 14.5 Å². The van der Waals surface area contributed by atoms with Gasteiger partial charge < -0.3 is 9.47 Å². The number of hydrogen-bond acceptors (Lipinski definition) is 7. The van der Waals surface area contributed by atoms with E-state index in [9.17, 15) is 9.59 Å². The first kappa shape index (κ1) is 20.7. The molecule has 0 saturated heterocycles. The number of rotatable bonds is 3. The molecule has 4 heterocycles. The first-order valence-corrected chi connectivity index (χ1v) is 11.3. The molecule has 2 bridgehead atoms. The van der Waals surface area contributed by atoms with Crippen molar-refractivity contribution in [3.05, 3.63) is 66.5 Å². The van der Waals surface area contributed by atoms with E-state index in [1.165, 1.54) is 18.4 Å². The fourth-order valence-corrected chi connectivity index (χ4v) is 5.87. The average Bonchev–Trinajstić information content (AvgIpc) is 3.21. The van der Waals surface area contributed by atoms with E-state index < -0.39 is 23.7 Å². The number of benzene rings is 1. The van der Waals surface area contributed by atoms with E-state index in [-0.39, 0.29) is 5.56 Å². The number of fused-ring (bicyclic) bond motifs is 6. The summed E-state index contributed by atoms with van der Waals surface area (Å²) in [4.78, 5) is 31.8. The van der Waals surface area contributed by atoms with E-state index in [1.807, 2.05) is 55.8 Å². The Labute approximate surface area is 188 Å². The van der Waals surface area contributed by atoms with E-state index >= 15 is 0 Å². The highest BCUT2D eigenvalue weighted by molar-refractivity contribution is 7.07. The molecule has 166 valence electrons. The Morgan fingerprint density at radius 3 is 2.78 bits per heavy atom. The van der Waals surface area contributed by atoms with Gasteiger partial charge in [0.05, 0.1) is 23.4 Å². The van der Waals surface area contributed by atoms with Crippen LogP contribution in [0.2, 0.25) is 0 Å². The van der Waals surface area contributed by atoms with Gasteiger partial charge in [-0.05, 0) is 39.8 Å². The van der Waals surface area contributed by atoms with Gasteiger partial charge in [-0.3, -0.25) is 18.8 Å². The Hall–Kier alpha value is -3.20. The van der Waals surface area contributed by atoms with Gasteiger partial charge in [0.1, 0.15) is 11.7 Å². The zero-order valence-corrected chi connectivity index (χ0v) is 19.4. The Kier molecular flexibility index (Phi) is 4.63. The van der Waals surface area contributed by atoms with Crippen molar-refractivity contribution in [1.29, 1.82) is 0 Å². The Bertz CT molecular complexity index is 1430. The van der Waals surface area contributed by atoms with Gasteiger partial charge in [0.15, 0.2) is 4.80 Å². The maximum absolute atomic E-state index is 13.6. The molecule has 1 aromatic carbocycles. The molecule has 2 aliphatic heterocycles. The second-order valence-corrected chi connectivity index (χ2v) is 9.23. The van der Waals surface area contributed by atoms with Crippen molar-refractivity contribution in [2.75, 3.05) is 7.11 Å². The fourth-order valence-electron chi connectivity index (χ4n) is 4.79. The van der Waals surface area contributed by atoms with Gasteiger partial charge >= 0.3 is 5.97 Å². The van der Waals surface area contributed by atoms with Crippen LogP contribution in [0.25, 0.3) is 6.08 Å². The van der Waals surface area contributed by atoms with Crippen LogP contribution in [0.15, 0.2) is 34.1 Å². The fraction of sp³-hybridized carbons (Fsp3) is 0.391. The molecule has 32 heavy (non-hydrogen) atoms. The lowest BCUT2D eigenvalue weighted by molar-refractivity contribution is -0.158. The number of esters is 1. The molecule has 3 aromatic rings. The van der Waals surface area contributed by atoms with E-state index in [1.54, 1.807) is 11.5 Å². The van der Waals surface area contributed by atoms with Gasteiger partial charge in [-0.25, -0.2) is 4.99 Å². The number of aromatic nitrogens is 3. The number of ether oxygens (including phenoxy) is 2. The van der Waals surface area contributed by atoms with E-state index in [0.29, 0.717) is 15.1 Å². The summed E-state index contributed by atoms with van der Waals surface area (Å²) in [7, 11) is 1.34. The minimum Gasteiger partial charge on any atom is -0.469 e. The third-order valence-corrected chi connectivity index (χ3v) is 7.33. The van der Waals surface area contributed by atoms with Gasteiger partial charge in [0, 0.05) is 23.4 Å². The molecule has 8 nitrogen and oxygen atoms in total. The van der Waals surface area contributed by atoms with Crippen LogP contribution in [0.3, 0.4) is 0 Å². The maximum Gasteiger partial charge on any atom is 0.317 e.